The van der Waals surface area contributed by atoms with Gasteiger partial charge in [0.2, 0.25) is 5.28 Å². The highest BCUT2D eigenvalue weighted by Crippen LogP contribution is 2.26. The quantitative estimate of drug-likeness (QED) is 0.838. The van der Waals surface area contributed by atoms with Gasteiger partial charge >= 0.3 is 6.09 Å². The average Bonchev–Trinajstić information content (AvgIpc) is 2.45. The fraction of sp³-hybridized carbons (Fsp3) is 0.706. The number of nitrogens with two attached hydrogens (primary N) is 1. The Morgan fingerprint density at radius 1 is 1.33 bits per heavy atom. The van der Waals surface area contributed by atoms with Crippen LogP contribution < -0.4 is 5.73 Å². The largest absolute Gasteiger partial charge is 0.444 e. The predicted octanol–water partition coefficient (Wildman–Crippen LogP) is 3.60. The summed E-state index contributed by atoms with van der Waals surface area (Å²) in [5.74, 6) is 1.04. The van der Waals surface area contributed by atoms with Gasteiger partial charge in [-0.3, -0.25) is 0 Å². The first-order chi connectivity index (χ1) is 11.2. The molecular weight excluding hydrogens is 328 g/mol. The van der Waals surface area contributed by atoms with Crippen LogP contribution in [0.25, 0.3) is 0 Å². The van der Waals surface area contributed by atoms with Crippen LogP contribution in [0, 0.1) is 12.8 Å². The van der Waals surface area contributed by atoms with Crippen molar-refractivity contribution in [1.29, 1.82) is 0 Å². The van der Waals surface area contributed by atoms with Crippen molar-refractivity contribution in [3.05, 3.63) is 16.5 Å². The molecule has 1 aromatic rings. The van der Waals surface area contributed by atoms with Crippen molar-refractivity contribution in [1.82, 2.24) is 14.9 Å². The number of nitrogens with zero attached hydrogens (tertiary/aromatic N) is 3. The summed E-state index contributed by atoms with van der Waals surface area (Å²) >= 11 is 5.81. The molecule has 1 aromatic heterocycles. The molecule has 1 saturated heterocycles. The predicted molar refractivity (Wildman–Crippen MR) is 95.0 cm³/mol. The average molecular weight is 355 g/mol. The summed E-state index contributed by atoms with van der Waals surface area (Å²) in [6.07, 6.45) is 3.59. The topological polar surface area (TPSA) is 81.3 Å². The maximum Gasteiger partial charge on any atom is 0.410 e. The van der Waals surface area contributed by atoms with Crippen LogP contribution in [-0.2, 0) is 11.2 Å². The fourth-order valence-electron chi connectivity index (χ4n) is 2.97. The fourth-order valence-corrected chi connectivity index (χ4v) is 3.19. The van der Waals surface area contributed by atoms with E-state index in [-0.39, 0.29) is 11.4 Å². The van der Waals surface area contributed by atoms with E-state index in [2.05, 4.69) is 9.97 Å². The lowest BCUT2D eigenvalue weighted by atomic mass is 9.90. The number of rotatable bonds is 3. The summed E-state index contributed by atoms with van der Waals surface area (Å²) in [7, 11) is 0. The van der Waals surface area contributed by atoms with Crippen LogP contribution in [0.2, 0.25) is 5.28 Å². The van der Waals surface area contributed by atoms with Gasteiger partial charge in [-0.25, -0.2) is 14.8 Å². The molecule has 0 aliphatic carbocycles. The van der Waals surface area contributed by atoms with Gasteiger partial charge in [0.05, 0.1) is 0 Å². The number of ether oxygens (including phenoxy) is 1. The van der Waals surface area contributed by atoms with Gasteiger partial charge in [0.15, 0.2) is 0 Å². The molecule has 1 aliphatic heterocycles. The molecule has 0 spiro atoms. The zero-order chi connectivity index (χ0) is 17.9. The number of hydrogen-bond acceptors (Lipinski definition) is 5. The van der Waals surface area contributed by atoms with Crippen molar-refractivity contribution in [2.45, 2.75) is 59.0 Å². The van der Waals surface area contributed by atoms with Gasteiger partial charge in [-0.15, -0.1) is 0 Å². The number of carbonyl (C=O) groups is 1. The molecule has 2 heterocycles. The van der Waals surface area contributed by atoms with Gasteiger partial charge in [-0.05, 0) is 70.9 Å². The van der Waals surface area contributed by atoms with E-state index in [1.807, 2.05) is 27.7 Å². The highest BCUT2D eigenvalue weighted by atomic mass is 35.5. The third kappa shape index (κ3) is 5.23. The number of aromatic nitrogens is 2. The molecule has 0 unspecified atom stereocenters. The van der Waals surface area contributed by atoms with Gasteiger partial charge in [0.25, 0.3) is 0 Å². The van der Waals surface area contributed by atoms with Crippen LogP contribution in [0.3, 0.4) is 0 Å². The Morgan fingerprint density at radius 2 is 1.96 bits per heavy atom. The molecule has 24 heavy (non-hydrogen) atoms. The third-order valence-electron chi connectivity index (χ3n) is 4.29. The van der Waals surface area contributed by atoms with Crippen LogP contribution in [0.4, 0.5) is 10.6 Å². The summed E-state index contributed by atoms with van der Waals surface area (Å²) < 4.78 is 5.43. The maximum atomic E-state index is 12.1. The summed E-state index contributed by atoms with van der Waals surface area (Å²) in [5.41, 5.74) is 7.33. The summed E-state index contributed by atoms with van der Waals surface area (Å²) in [5, 5.41) is 0.194. The van der Waals surface area contributed by atoms with Crippen LogP contribution in [0.5, 0.6) is 0 Å². The summed E-state index contributed by atoms with van der Waals surface area (Å²) in [6.45, 7) is 9.05. The number of hydrogen-bond donors (Lipinski definition) is 1. The zero-order valence-corrected chi connectivity index (χ0v) is 15.7. The maximum absolute atomic E-state index is 12.1. The van der Waals surface area contributed by atoms with Gasteiger partial charge in [0.1, 0.15) is 11.4 Å². The van der Waals surface area contributed by atoms with Crippen molar-refractivity contribution >= 4 is 23.5 Å². The molecule has 7 heteroatoms. The minimum Gasteiger partial charge on any atom is -0.444 e. The van der Waals surface area contributed by atoms with Crippen LogP contribution in [0.15, 0.2) is 0 Å². The van der Waals surface area contributed by atoms with Crippen molar-refractivity contribution in [2.24, 2.45) is 5.92 Å². The SMILES string of the molecule is Cc1nc(Cl)nc(N)c1CCC1CCN(C(=O)OC(C)(C)C)CC1. The minimum absolute atomic E-state index is 0.194. The number of halogens is 1. The van der Waals surface area contributed by atoms with Crippen molar-refractivity contribution < 1.29 is 9.53 Å². The lowest BCUT2D eigenvalue weighted by Gasteiger charge is -2.33. The highest BCUT2D eigenvalue weighted by molar-refractivity contribution is 6.28. The number of anilines is 1. The number of amides is 1. The normalized spacial score (nSPS) is 16.3. The Labute approximate surface area is 148 Å². The van der Waals surface area contributed by atoms with Gasteiger partial charge in [0, 0.05) is 24.3 Å². The molecule has 6 nitrogen and oxygen atoms in total. The Bertz CT molecular complexity index is 570. The lowest BCUT2D eigenvalue weighted by Crippen LogP contribution is -2.41. The lowest BCUT2D eigenvalue weighted by molar-refractivity contribution is 0.0181. The molecule has 0 bridgehead atoms. The first-order valence-electron chi connectivity index (χ1n) is 8.42. The molecular formula is C17H27ClN4O2. The highest BCUT2D eigenvalue weighted by Gasteiger charge is 2.27. The van der Waals surface area contributed by atoms with E-state index in [0.29, 0.717) is 11.7 Å². The van der Waals surface area contributed by atoms with Crippen LogP contribution in [0.1, 0.15) is 51.3 Å². The molecule has 2 N–H and O–H groups in total. The van der Waals surface area contributed by atoms with E-state index < -0.39 is 5.60 Å². The first kappa shape index (κ1) is 18.8. The molecule has 0 saturated carbocycles. The van der Waals surface area contributed by atoms with E-state index >= 15 is 0 Å². The van der Waals surface area contributed by atoms with Gasteiger partial charge in [-0.1, -0.05) is 0 Å². The Morgan fingerprint density at radius 3 is 2.50 bits per heavy atom. The zero-order valence-electron chi connectivity index (χ0n) is 14.9. The smallest absolute Gasteiger partial charge is 0.410 e. The summed E-state index contributed by atoms with van der Waals surface area (Å²) in [4.78, 5) is 22.1. The third-order valence-corrected chi connectivity index (χ3v) is 4.46. The van der Waals surface area contributed by atoms with E-state index in [4.69, 9.17) is 22.1 Å². The Balaban J connectivity index is 1.83. The molecule has 1 fully saturated rings. The molecule has 1 amide bonds. The number of carbonyl (C=O) groups excluding carboxylic acids is 1. The minimum atomic E-state index is -0.447. The second kappa shape index (κ2) is 7.55. The Kier molecular flexibility index (Phi) is 5.91. The molecule has 2 rings (SSSR count). The van der Waals surface area contributed by atoms with E-state index in [9.17, 15) is 4.79 Å². The van der Waals surface area contributed by atoms with Crippen molar-refractivity contribution in [3.63, 3.8) is 0 Å². The monoisotopic (exact) mass is 354 g/mol. The van der Waals surface area contributed by atoms with Gasteiger partial charge in [-0.2, -0.15) is 0 Å². The second-order valence-electron chi connectivity index (χ2n) is 7.39. The van der Waals surface area contributed by atoms with Crippen molar-refractivity contribution in [2.75, 3.05) is 18.8 Å². The van der Waals surface area contributed by atoms with E-state index in [1.54, 1.807) is 4.90 Å². The second-order valence-corrected chi connectivity index (χ2v) is 7.73. The molecule has 0 radical (unpaired) electrons. The molecule has 1 aliphatic rings. The number of nitrogen functional groups attached to an aromatic ring is 1. The van der Waals surface area contributed by atoms with E-state index in [0.717, 1.165) is 50.0 Å². The van der Waals surface area contributed by atoms with Crippen LogP contribution in [-0.4, -0.2) is 39.7 Å². The van der Waals surface area contributed by atoms with Crippen LogP contribution >= 0.6 is 11.6 Å². The molecule has 134 valence electrons. The first-order valence-corrected chi connectivity index (χ1v) is 8.80. The number of aryl methyl sites for hydroxylation is 1. The van der Waals surface area contributed by atoms with Gasteiger partial charge < -0.3 is 15.4 Å². The number of piperidine rings is 1. The molecule has 0 atom stereocenters. The Hall–Kier alpha value is -1.56. The van der Waals surface area contributed by atoms with Crippen molar-refractivity contribution in [3.8, 4) is 0 Å². The standard InChI is InChI=1S/C17H27ClN4O2/c1-11-13(14(19)21-15(18)20-11)6-5-12-7-9-22(10-8-12)16(23)24-17(2,3)4/h12H,5-10H2,1-4H3,(H2,19,20,21). The number of likely N-dealkylation sites (tertiary alicyclic amines) is 1. The summed E-state index contributed by atoms with van der Waals surface area (Å²) in [6, 6.07) is 0. The molecule has 0 aromatic carbocycles. The van der Waals surface area contributed by atoms with E-state index in [1.165, 1.54) is 0 Å².